The Bertz CT molecular complexity index is 1990. The van der Waals surface area contributed by atoms with Crippen LogP contribution in [0.5, 0.6) is 0 Å². The molecule has 1 aromatic rings. The van der Waals surface area contributed by atoms with Gasteiger partial charge in [0.15, 0.2) is 5.60 Å². The molecule has 4 rings (SSSR count). The van der Waals surface area contributed by atoms with Gasteiger partial charge in [-0.3, -0.25) is 19.2 Å². The number of benzene rings is 1. The minimum Gasteiger partial charge on any atom is -0.463 e. The highest BCUT2D eigenvalue weighted by Crippen LogP contribution is 2.57. The van der Waals surface area contributed by atoms with Gasteiger partial charge in [-0.2, -0.15) is 39.5 Å². The third-order valence-corrected chi connectivity index (χ3v) is 15.3. The van der Waals surface area contributed by atoms with E-state index >= 15 is 0 Å². The maximum atomic E-state index is 14.9. The Morgan fingerprint density at radius 1 is 0.754 bits per heavy atom. The average molecular weight is 1010 g/mol. The van der Waals surface area contributed by atoms with Gasteiger partial charge >= 0.3 is 48.4 Å². The van der Waals surface area contributed by atoms with E-state index in [-0.39, 0.29) is 26.4 Å². The zero-order valence-electron chi connectivity index (χ0n) is 40.3. The lowest BCUT2D eigenvalue weighted by atomic mass is 9.58. The van der Waals surface area contributed by atoms with Crippen molar-refractivity contribution in [2.75, 3.05) is 6.61 Å². The van der Waals surface area contributed by atoms with Crippen molar-refractivity contribution in [3.63, 3.8) is 0 Å². The second kappa shape index (κ2) is 20.2. The second-order valence-electron chi connectivity index (χ2n) is 20.8. The molecule has 69 heavy (non-hydrogen) atoms. The zero-order chi connectivity index (χ0) is 52.6. The van der Waals surface area contributed by atoms with Gasteiger partial charge in [-0.25, -0.2) is 4.79 Å². The first-order valence-electron chi connectivity index (χ1n) is 23.1. The predicted molar refractivity (Wildman–Crippen MR) is 226 cm³/mol. The summed E-state index contributed by atoms with van der Waals surface area (Å²) in [4.78, 5) is 71.2. The smallest absolute Gasteiger partial charge is 0.426 e. The fourth-order valence-electron chi connectivity index (χ4n) is 9.98. The highest BCUT2D eigenvalue weighted by atomic mass is 19.4. The van der Waals surface area contributed by atoms with E-state index in [4.69, 9.17) is 23.7 Å². The van der Waals surface area contributed by atoms with E-state index in [2.05, 4.69) is 0 Å². The first-order chi connectivity index (χ1) is 31.4. The van der Waals surface area contributed by atoms with Gasteiger partial charge in [0.25, 0.3) is 5.60 Å². The molecule has 0 aromatic heterocycles. The molecule has 0 amide bonds. The van der Waals surface area contributed by atoms with Crippen molar-refractivity contribution in [1.82, 2.24) is 0 Å². The Kier molecular flexibility index (Phi) is 16.8. The van der Waals surface area contributed by atoms with Crippen LogP contribution in [0, 0.1) is 34.0 Å². The molecule has 12 nitrogen and oxygen atoms in total. The Morgan fingerprint density at radius 2 is 1.30 bits per heavy atom. The molecule has 2 N–H and O–H groups in total. The number of hydrogen-bond acceptors (Lipinski definition) is 12. The Balaban J connectivity index is 1.85. The number of cyclic esters (lactones) is 1. The number of carbonyl (C=O) groups excluding carboxylic acids is 5. The molecule has 0 bridgehead atoms. The van der Waals surface area contributed by atoms with Crippen LogP contribution in [0.3, 0.4) is 0 Å². The van der Waals surface area contributed by atoms with Crippen molar-refractivity contribution in [2.24, 2.45) is 34.0 Å². The van der Waals surface area contributed by atoms with E-state index in [0.717, 1.165) is 20.8 Å². The summed E-state index contributed by atoms with van der Waals surface area (Å²) >= 11 is 0. The van der Waals surface area contributed by atoms with Crippen LogP contribution >= 0.6 is 0 Å². The van der Waals surface area contributed by atoms with Gasteiger partial charge in [0.2, 0.25) is 6.10 Å². The summed E-state index contributed by atoms with van der Waals surface area (Å²) in [5, 5.41) is 21.0. The maximum absolute atomic E-state index is 14.9. The fourth-order valence-corrected chi connectivity index (χ4v) is 9.98. The number of esters is 5. The maximum Gasteiger partial charge on any atom is 0.426 e. The molecule has 3 fully saturated rings. The average Bonchev–Trinajstić information content (AvgIpc) is 3.89. The molecule has 8 atom stereocenters. The van der Waals surface area contributed by atoms with Crippen LogP contribution in [-0.2, 0) is 53.3 Å². The summed E-state index contributed by atoms with van der Waals surface area (Å²) in [5.41, 5.74) is -18.0. The Labute approximate surface area is 395 Å². The minimum absolute atomic E-state index is 0.0555. The molecule has 1 heterocycles. The van der Waals surface area contributed by atoms with Gasteiger partial charge in [0.05, 0.1) is 28.8 Å². The molecule has 2 aliphatic carbocycles. The molecular formula is C48H65F9O12. The van der Waals surface area contributed by atoms with E-state index in [1.165, 1.54) is 6.92 Å². The minimum atomic E-state index is -6.52. The van der Waals surface area contributed by atoms with Crippen molar-refractivity contribution < 1.29 is 97.4 Å². The van der Waals surface area contributed by atoms with Gasteiger partial charge in [-0.05, 0) is 125 Å². The summed E-state index contributed by atoms with van der Waals surface area (Å²) in [6.45, 7) is 11.3. The lowest BCUT2D eigenvalue weighted by Gasteiger charge is -2.49. The first-order valence-corrected chi connectivity index (χ1v) is 23.1. The summed E-state index contributed by atoms with van der Waals surface area (Å²) in [5.74, 6) is -12.4. The van der Waals surface area contributed by atoms with Crippen LogP contribution < -0.4 is 0 Å². The molecule has 21 heteroatoms. The Hall–Kier alpha value is -4.14. The molecule has 0 spiro atoms. The summed E-state index contributed by atoms with van der Waals surface area (Å²) in [7, 11) is 0. The van der Waals surface area contributed by atoms with E-state index < -0.39 is 149 Å². The van der Waals surface area contributed by atoms with Gasteiger partial charge in [-0.1, -0.05) is 44.2 Å². The first kappa shape index (κ1) is 57.4. The number of ether oxygens (including phenoxy) is 5. The number of halogens is 9. The second-order valence-corrected chi connectivity index (χ2v) is 20.8. The van der Waals surface area contributed by atoms with Gasteiger partial charge < -0.3 is 33.9 Å². The number of aliphatic hydroxyl groups is 2. The van der Waals surface area contributed by atoms with E-state index in [1.54, 1.807) is 58.0 Å². The van der Waals surface area contributed by atoms with Gasteiger partial charge in [0.1, 0.15) is 17.3 Å². The summed E-state index contributed by atoms with van der Waals surface area (Å²) in [6, 6.07) is 8.71. The van der Waals surface area contributed by atoms with Crippen LogP contribution in [0.15, 0.2) is 30.3 Å². The molecular weight excluding hydrogens is 939 g/mol. The van der Waals surface area contributed by atoms with Crippen LogP contribution in [0.25, 0.3) is 0 Å². The molecule has 8 unspecified atom stereocenters. The molecule has 3 aliphatic rings. The fraction of sp³-hybridized carbons (Fsp3) is 0.771. The molecule has 0 radical (unpaired) electrons. The molecule has 1 aromatic carbocycles. The molecule has 392 valence electrons. The van der Waals surface area contributed by atoms with E-state index in [9.17, 15) is 73.7 Å². The SMILES string of the molecule is CCC(CC(C)(CC(C)(C(=O)OC1CCOC1=O)C(C)(C)C(=O)OC1CC(C(C)(O)C(F)(F)F)CC(C(O)(C(F)(F)F)C(F)(F)F)C1)C(=O)OC1(CC)CCCC1)C(=O)OC(C)(C)c1ccccc1. The zero-order valence-corrected chi connectivity index (χ0v) is 40.3. The lowest BCUT2D eigenvalue weighted by molar-refractivity contribution is -0.391. The number of alkyl halides is 9. The van der Waals surface area contributed by atoms with Crippen LogP contribution in [0.1, 0.15) is 145 Å². The largest absolute Gasteiger partial charge is 0.463 e. The molecule has 1 saturated heterocycles. The third kappa shape index (κ3) is 11.6. The van der Waals surface area contributed by atoms with E-state index in [1.807, 2.05) is 0 Å². The normalized spacial score (nSPS) is 24.7. The highest BCUT2D eigenvalue weighted by molar-refractivity contribution is 5.90. The van der Waals surface area contributed by atoms with Gasteiger partial charge in [-0.15, -0.1) is 0 Å². The monoisotopic (exact) mass is 1000 g/mol. The third-order valence-electron chi connectivity index (χ3n) is 15.3. The van der Waals surface area contributed by atoms with Crippen LogP contribution in [0.2, 0.25) is 0 Å². The molecule has 2 saturated carbocycles. The number of hydrogen-bond donors (Lipinski definition) is 2. The standard InChI is InChI=1S/C48H65F9O12/c1-10-28(34(58)68-40(5,6)29-17-13-12-14-18-29)26-41(7,37(61)69-44(11-2)20-15-16-21-44)27-42(8,38(62)67-33-19-22-65-35(33)59)39(3,4)36(60)66-32-24-30(43(9,63)46(49,50)51)23-31(25-32)45(64,47(52,53)54)48(55,56)57/h12-14,17-18,28,30-33,63-64H,10-11,15-16,19-27H2,1-9H3. The topological polar surface area (TPSA) is 172 Å². The number of carbonyl (C=O) groups is 5. The summed E-state index contributed by atoms with van der Waals surface area (Å²) in [6.07, 6.45) is -25.5. The number of rotatable bonds is 18. The van der Waals surface area contributed by atoms with Crippen molar-refractivity contribution in [3.05, 3.63) is 35.9 Å². The quantitative estimate of drug-likeness (QED) is 0.0812. The molecule has 1 aliphatic heterocycles. The predicted octanol–water partition coefficient (Wildman–Crippen LogP) is 9.93. The van der Waals surface area contributed by atoms with Crippen molar-refractivity contribution in [1.29, 1.82) is 0 Å². The highest BCUT2D eigenvalue weighted by Gasteiger charge is 2.75. The van der Waals surface area contributed by atoms with Gasteiger partial charge in [0, 0.05) is 18.3 Å². The van der Waals surface area contributed by atoms with Crippen LogP contribution in [0.4, 0.5) is 39.5 Å². The van der Waals surface area contributed by atoms with E-state index in [0.29, 0.717) is 37.7 Å². The van der Waals surface area contributed by atoms with Crippen molar-refractivity contribution >= 4 is 29.8 Å². The van der Waals surface area contributed by atoms with Crippen LogP contribution in [-0.4, -0.2) is 94.2 Å². The summed E-state index contributed by atoms with van der Waals surface area (Å²) < 4.78 is 157. The van der Waals surface area contributed by atoms with Crippen molar-refractivity contribution in [3.8, 4) is 0 Å². The van der Waals surface area contributed by atoms with Crippen molar-refractivity contribution in [2.45, 2.75) is 193 Å². The lowest BCUT2D eigenvalue weighted by Crippen LogP contribution is -2.64. The Morgan fingerprint density at radius 3 is 1.78 bits per heavy atom.